The van der Waals surface area contributed by atoms with E-state index in [-0.39, 0.29) is 0 Å². The van der Waals surface area contributed by atoms with Crippen LogP contribution in [0.5, 0.6) is 0 Å². The number of nitrogens with zero attached hydrogens (tertiary/aromatic N) is 1. The molecule has 0 aromatic heterocycles. The van der Waals surface area contributed by atoms with Crippen molar-refractivity contribution in [2.45, 2.75) is 57.0 Å². The van der Waals surface area contributed by atoms with Gasteiger partial charge >= 0.3 is 0 Å². The number of hydrogen-bond donors (Lipinski definition) is 1. The molecule has 1 N–H and O–H groups in total. The highest BCUT2D eigenvalue weighted by Gasteiger charge is 2.25. The van der Waals surface area contributed by atoms with Crippen LogP contribution in [0.15, 0.2) is 0 Å². The lowest BCUT2D eigenvalue weighted by Crippen LogP contribution is -2.48. The zero-order valence-electron chi connectivity index (χ0n) is 8.96. The molecule has 2 aliphatic rings. The molecule has 0 atom stereocenters. The first-order valence-electron chi connectivity index (χ1n) is 5.80. The van der Waals surface area contributed by atoms with Crippen molar-refractivity contribution in [3.63, 3.8) is 0 Å². The van der Waals surface area contributed by atoms with E-state index >= 15 is 0 Å². The van der Waals surface area contributed by atoms with Gasteiger partial charge in [-0.2, -0.15) is 0 Å². The van der Waals surface area contributed by atoms with E-state index in [1.165, 1.54) is 44.9 Å². The first-order valence-corrected chi connectivity index (χ1v) is 6.21. The molecule has 14 heavy (non-hydrogen) atoms. The van der Waals surface area contributed by atoms with Crippen LogP contribution in [0.4, 0.5) is 0 Å². The van der Waals surface area contributed by atoms with Crippen LogP contribution in [0.2, 0.25) is 0 Å². The highest BCUT2D eigenvalue weighted by atomic mass is 32.1. The van der Waals surface area contributed by atoms with Gasteiger partial charge in [0.25, 0.3) is 0 Å². The van der Waals surface area contributed by atoms with Gasteiger partial charge in [0.15, 0.2) is 5.11 Å². The molecule has 0 bridgehead atoms. The van der Waals surface area contributed by atoms with Crippen LogP contribution >= 0.6 is 12.2 Å². The van der Waals surface area contributed by atoms with Gasteiger partial charge in [-0.05, 0) is 44.3 Å². The molecule has 0 heterocycles. The van der Waals surface area contributed by atoms with E-state index in [1.54, 1.807) is 0 Å². The van der Waals surface area contributed by atoms with Gasteiger partial charge in [-0.3, -0.25) is 0 Å². The molecule has 0 aromatic rings. The SMILES string of the molecule is CN(C(=S)NC1CCCC1)C1CCC1. The Kier molecular flexibility index (Phi) is 3.26. The molecule has 80 valence electrons. The third-order valence-electron chi connectivity index (χ3n) is 3.63. The molecule has 0 aliphatic heterocycles. The Hall–Kier alpha value is -0.310. The summed E-state index contributed by atoms with van der Waals surface area (Å²) in [6.07, 6.45) is 9.37. The summed E-state index contributed by atoms with van der Waals surface area (Å²) in [5.74, 6) is 0. The quantitative estimate of drug-likeness (QED) is 0.707. The normalized spacial score (nSPS) is 23.2. The highest BCUT2D eigenvalue weighted by molar-refractivity contribution is 7.80. The minimum atomic E-state index is 0.657. The van der Waals surface area contributed by atoms with Gasteiger partial charge in [-0.15, -0.1) is 0 Å². The fourth-order valence-electron chi connectivity index (χ4n) is 2.29. The van der Waals surface area contributed by atoms with Crippen molar-refractivity contribution in [3.8, 4) is 0 Å². The number of nitrogens with one attached hydrogen (secondary N) is 1. The second-order valence-electron chi connectivity index (χ2n) is 4.63. The van der Waals surface area contributed by atoms with E-state index in [4.69, 9.17) is 12.2 Å². The molecule has 0 saturated heterocycles. The molecule has 0 radical (unpaired) electrons. The number of rotatable bonds is 2. The van der Waals surface area contributed by atoms with Crippen molar-refractivity contribution < 1.29 is 0 Å². The summed E-state index contributed by atoms with van der Waals surface area (Å²) in [7, 11) is 2.13. The fourth-order valence-corrected chi connectivity index (χ4v) is 2.60. The predicted molar refractivity (Wildman–Crippen MR) is 63.4 cm³/mol. The van der Waals surface area contributed by atoms with E-state index in [9.17, 15) is 0 Å². The summed E-state index contributed by atoms with van der Waals surface area (Å²) in [5.41, 5.74) is 0. The van der Waals surface area contributed by atoms with Crippen LogP contribution in [-0.4, -0.2) is 29.1 Å². The highest BCUT2D eigenvalue weighted by Crippen LogP contribution is 2.24. The Morgan fingerprint density at radius 1 is 1.14 bits per heavy atom. The summed E-state index contributed by atoms with van der Waals surface area (Å²) in [4.78, 5) is 2.26. The van der Waals surface area contributed by atoms with Gasteiger partial charge in [0.2, 0.25) is 0 Å². The molecule has 2 rings (SSSR count). The van der Waals surface area contributed by atoms with Crippen LogP contribution in [0, 0.1) is 0 Å². The second kappa shape index (κ2) is 4.47. The average Bonchev–Trinajstić information content (AvgIpc) is 2.53. The molecule has 2 aliphatic carbocycles. The summed E-state index contributed by atoms with van der Waals surface area (Å²) in [5, 5.41) is 4.46. The lowest BCUT2D eigenvalue weighted by atomic mass is 9.92. The second-order valence-corrected chi connectivity index (χ2v) is 5.01. The first kappa shape index (κ1) is 10.2. The van der Waals surface area contributed by atoms with Crippen molar-refractivity contribution in [3.05, 3.63) is 0 Å². The fraction of sp³-hybridized carbons (Fsp3) is 0.909. The summed E-state index contributed by atoms with van der Waals surface area (Å²) in [6, 6.07) is 1.38. The third kappa shape index (κ3) is 2.19. The summed E-state index contributed by atoms with van der Waals surface area (Å²) in [6.45, 7) is 0. The Balaban J connectivity index is 1.75. The molecule has 0 spiro atoms. The van der Waals surface area contributed by atoms with Crippen molar-refractivity contribution in [1.29, 1.82) is 0 Å². The Bertz CT molecular complexity index is 207. The Labute approximate surface area is 92.0 Å². The standard InChI is InChI=1S/C11H20N2S/c1-13(10-7-4-8-10)11(14)12-9-5-2-3-6-9/h9-10H,2-8H2,1H3,(H,12,14). The molecule has 2 fully saturated rings. The predicted octanol–water partition coefficient (Wildman–Crippen LogP) is 2.29. The smallest absolute Gasteiger partial charge is 0.169 e. The minimum Gasteiger partial charge on any atom is -0.360 e. The topological polar surface area (TPSA) is 15.3 Å². The van der Waals surface area contributed by atoms with Crippen LogP contribution in [-0.2, 0) is 0 Å². The van der Waals surface area contributed by atoms with E-state index in [1.807, 2.05) is 0 Å². The summed E-state index contributed by atoms with van der Waals surface area (Å²) >= 11 is 5.40. The van der Waals surface area contributed by atoms with Crippen molar-refractivity contribution >= 4 is 17.3 Å². The molecule has 2 saturated carbocycles. The van der Waals surface area contributed by atoms with E-state index in [2.05, 4.69) is 17.3 Å². The van der Waals surface area contributed by atoms with Crippen LogP contribution in [0.25, 0.3) is 0 Å². The van der Waals surface area contributed by atoms with E-state index < -0.39 is 0 Å². The monoisotopic (exact) mass is 212 g/mol. The van der Waals surface area contributed by atoms with Gasteiger partial charge in [-0.25, -0.2) is 0 Å². The Morgan fingerprint density at radius 2 is 1.79 bits per heavy atom. The maximum absolute atomic E-state index is 5.40. The first-order chi connectivity index (χ1) is 6.77. The lowest BCUT2D eigenvalue weighted by molar-refractivity contribution is 0.237. The van der Waals surface area contributed by atoms with Gasteiger partial charge in [0, 0.05) is 19.1 Å². The molecule has 3 heteroatoms. The largest absolute Gasteiger partial charge is 0.360 e. The van der Waals surface area contributed by atoms with Crippen molar-refractivity contribution in [1.82, 2.24) is 10.2 Å². The maximum atomic E-state index is 5.40. The van der Waals surface area contributed by atoms with Crippen LogP contribution in [0.3, 0.4) is 0 Å². The molecule has 0 aromatic carbocycles. The molecular weight excluding hydrogens is 192 g/mol. The molecule has 0 amide bonds. The number of thiocarbonyl (C=S) groups is 1. The van der Waals surface area contributed by atoms with E-state index in [0.29, 0.717) is 6.04 Å². The maximum Gasteiger partial charge on any atom is 0.169 e. The van der Waals surface area contributed by atoms with Gasteiger partial charge < -0.3 is 10.2 Å². The summed E-state index contributed by atoms with van der Waals surface area (Å²) < 4.78 is 0. The van der Waals surface area contributed by atoms with Gasteiger partial charge in [0.1, 0.15) is 0 Å². The van der Waals surface area contributed by atoms with Gasteiger partial charge in [-0.1, -0.05) is 12.8 Å². The van der Waals surface area contributed by atoms with E-state index in [0.717, 1.165) is 11.2 Å². The zero-order valence-corrected chi connectivity index (χ0v) is 9.78. The lowest BCUT2D eigenvalue weighted by Gasteiger charge is -2.37. The minimum absolute atomic E-state index is 0.657. The van der Waals surface area contributed by atoms with Crippen LogP contribution in [0.1, 0.15) is 44.9 Å². The molecule has 0 unspecified atom stereocenters. The van der Waals surface area contributed by atoms with Crippen LogP contribution < -0.4 is 5.32 Å². The Morgan fingerprint density at radius 3 is 2.29 bits per heavy atom. The number of hydrogen-bond acceptors (Lipinski definition) is 1. The molecule has 2 nitrogen and oxygen atoms in total. The average molecular weight is 212 g/mol. The third-order valence-corrected chi connectivity index (χ3v) is 4.03. The van der Waals surface area contributed by atoms with Gasteiger partial charge in [0.05, 0.1) is 0 Å². The molecular formula is C11H20N2S. The zero-order chi connectivity index (χ0) is 9.97. The van der Waals surface area contributed by atoms with Crippen molar-refractivity contribution in [2.75, 3.05) is 7.05 Å². The van der Waals surface area contributed by atoms with Crippen molar-refractivity contribution in [2.24, 2.45) is 0 Å².